The molecule has 0 aliphatic carbocycles. The van der Waals surface area contributed by atoms with Crippen LogP contribution in [0.2, 0.25) is 0 Å². The highest BCUT2D eigenvalue weighted by atomic mass is 79.9. The molecule has 0 bridgehead atoms. The van der Waals surface area contributed by atoms with Crippen molar-refractivity contribution in [3.05, 3.63) is 64.1 Å². The molecule has 0 spiro atoms. The van der Waals surface area contributed by atoms with Gasteiger partial charge in [-0.2, -0.15) is 0 Å². The molecular weight excluding hydrogens is 364 g/mol. The lowest BCUT2D eigenvalue weighted by Crippen LogP contribution is -2.42. The molecule has 0 radical (unpaired) electrons. The Morgan fingerprint density at radius 3 is 2.41 bits per heavy atom. The normalized spacial score (nSPS) is 10.1. The minimum absolute atomic E-state index is 0.242. The Balaban J connectivity index is 1.79. The van der Waals surface area contributed by atoms with Crippen LogP contribution in [-0.4, -0.2) is 17.6 Å². The molecule has 22 heavy (non-hydrogen) atoms. The monoisotopic (exact) mass is 378 g/mol. The molecule has 0 aliphatic rings. The van der Waals surface area contributed by atoms with Crippen LogP contribution in [0.3, 0.4) is 0 Å². The van der Waals surface area contributed by atoms with Crippen LogP contribution < -0.4 is 10.9 Å². The van der Waals surface area contributed by atoms with Crippen molar-refractivity contribution >= 4 is 39.5 Å². The topological polar surface area (TPSA) is 58.2 Å². The van der Waals surface area contributed by atoms with E-state index in [1.165, 1.54) is 11.8 Å². The fourth-order valence-corrected chi connectivity index (χ4v) is 2.79. The number of carbonyl (C=O) groups is 2. The first kappa shape index (κ1) is 16.6. The summed E-state index contributed by atoms with van der Waals surface area (Å²) in [6.07, 6.45) is 0. The van der Waals surface area contributed by atoms with Crippen molar-refractivity contribution in [3.63, 3.8) is 0 Å². The van der Waals surface area contributed by atoms with E-state index in [0.29, 0.717) is 5.56 Å². The second kappa shape index (κ2) is 8.00. The molecule has 2 aromatic rings. The number of hydrazine groups is 1. The molecule has 0 fully saturated rings. The van der Waals surface area contributed by atoms with E-state index in [1.54, 1.807) is 24.3 Å². The zero-order valence-corrected chi connectivity index (χ0v) is 14.3. The molecule has 4 nitrogen and oxygen atoms in total. The Labute approximate surface area is 141 Å². The third-order valence-electron chi connectivity index (χ3n) is 2.87. The standard InChI is InChI=1S/C16H15BrN2O2S/c1-11-4-2-3-5-14(11)22-10-15(20)18-19-16(21)12-6-8-13(17)9-7-12/h2-9H,10H2,1H3,(H,18,20)(H,19,21). The molecule has 0 saturated carbocycles. The van der Waals surface area contributed by atoms with E-state index in [9.17, 15) is 9.59 Å². The highest BCUT2D eigenvalue weighted by Crippen LogP contribution is 2.21. The van der Waals surface area contributed by atoms with Gasteiger partial charge in [-0.1, -0.05) is 34.1 Å². The quantitative estimate of drug-likeness (QED) is 0.633. The fraction of sp³-hybridized carbons (Fsp3) is 0.125. The van der Waals surface area contributed by atoms with E-state index in [-0.39, 0.29) is 17.6 Å². The summed E-state index contributed by atoms with van der Waals surface area (Å²) in [5, 5.41) is 0. The minimum Gasteiger partial charge on any atom is -0.272 e. The third kappa shape index (κ3) is 4.89. The summed E-state index contributed by atoms with van der Waals surface area (Å²) in [4.78, 5) is 24.7. The number of benzene rings is 2. The summed E-state index contributed by atoms with van der Waals surface area (Å²) >= 11 is 4.74. The highest BCUT2D eigenvalue weighted by Gasteiger charge is 2.08. The second-order valence-electron chi connectivity index (χ2n) is 4.56. The lowest BCUT2D eigenvalue weighted by atomic mass is 10.2. The molecule has 0 aromatic heterocycles. The van der Waals surface area contributed by atoms with Gasteiger partial charge in [-0.05, 0) is 42.8 Å². The van der Waals surface area contributed by atoms with E-state index >= 15 is 0 Å². The van der Waals surface area contributed by atoms with Crippen LogP contribution in [0, 0.1) is 6.92 Å². The zero-order chi connectivity index (χ0) is 15.9. The predicted molar refractivity (Wildman–Crippen MR) is 91.7 cm³/mol. The Bertz CT molecular complexity index is 674. The Morgan fingerprint density at radius 2 is 1.73 bits per heavy atom. The van der Waals surface area contributed by atoms with Gasteiger partial charge in [-0.15, -0.1) is 11.8 Å². The van der Waals surface area contributed by atoms with Gasteiger partial charge >= 0.3 is 0 Å². The first-order chi connectivity index (χ1) is 10.6. The smallest absolute Gasteiger partial charge is 0.269 e. The lowest BCUT2D eigenvalue weighted by Gasteiger charge is -2.08. The molecule has 0 unspecified atom stereocenters. The van der Waals surface area contributed by atoms with Gasteiger partial charge in [-0.25, -0.2) is 0 Å². The molecule has 0 saturated heterocycles. The minimum atomic E-state index is -0.346. The van der Waals surface area contributed by atoms with Crippen molar-refractivity contribution in [2.24, 2.45) is 0 Å². The Hall–Kier alpha value is -1.79. The van der Waals surface area contributed by atoms with Gasteiger partial charge in [0.25, 0.3) is 5.91 Å². The molecule has 114 valence electrons. The third-order valence-corrected chi connectivity index (χ3v) is 4.58. The number of carbonyl (C=O) groups excluding carboxylic acids is 2. The van der Waals surface area contributed by atoms with Gasteiger partial charge in [0.1, 0.15) is 0 Å². The number of aryl methyl sites for hydroxylation is 1. The van der Waals surface area contributed by atoms with Gasteiger partial charge < -0.3 is 0 Å². The summed E-state index contributed by atoms with van der Waals surface area (Å²) in [5.41, 5.74) is 6.42. The summed E-state index contributed by atoms with van der Waals surface area (Å²) in [6, 6.07) is 14.7. The van der Waals surface area contributed by atoms with Gasteiger partial charge in [-0.3, -0.25) is 20.4 Å². The maximum absolute atomic E-state index is 11.8. The summed E-state index contributed by atoms with van der Waals surface area (Å²) in [5.74, 6) is -0.355. The maximum atomic E-state index is 11.8. The van der Waals surface area contributed by atoms with Crippen LogP contribution in [0.4, 0.5) is 0 Å². The lowest BCUT2D eigenvalue weighted by molar-refractivity contribution is -0.119. The van der Waals surface area contributed by atoms with Crippen LogP contribution in [0.15, 0.2) is 57.9 Å². The summed E-state index contributed by atoms with van der Waals surface area (Å²) < 4.78 is 0.891. The number of thioether (sulfide) groups is 1. The maximum Gasteiger partial charge on any atom is 0.269 e. The molecule has 0 atom stereocenters. The van der Waals surface area contributed by atoms with Crippen LogP contribution in [0.1, 0.15) is 15.9 Å². The second-order valence-corrected chi connectivity index (χ2v) is 6.50. The molecule has 0 aliphatic heterocycles. The van der Waals surface area contributed by atoms with E-state index in [0.717, 1.165) is 14.9 Å². The number of amides is 2. The van der Waals surface area contributed by atoms with Crippen LogP contribution in [0.25, 0.3) is 0 Å². The van der Waals surface area contributed by atoms with E-state index in [4.69, 9.17) is 0 Å². The number of hydrogen-bond donors (Lipinski definition) is 2. The van der Waals surface area contributed by atoms with Crippen molar-refractivity contribution in [2.75, 3.05) is 5.75 Å². The van der Waals surface area contributed by atoms with Gasteiger partial charge in [0.2, 0.25) is 5.91 Å². The zero-order valence-electron chi connectivity index (χ0n) is 11.9. The van der Waals surface area contributed by atoms with Crippen LogP contribution in [-0.2, 0) is 4.79 Å². The largest absolute Gasteiger partial charge is 0.272 e. The number of halogens is 1. The molecular formula is C16H15BrN2O2S. The molecule has 2 N–H and O–H groups in total. The van der Waals surface area contributed by atoms with E-state index < -0.39 is 0 Å². The van der Waals surface area contributed by atoms with Crippen molar-refractivity contribution in [2.45, 2.75) is 11.8 Å². The summed E-state index contributed by atoms with van der Waals surface area (Å²) in [7, 11) is 0. The van der Waals surface area contributed by atoms with E-state index in [1.807, 2.05) is 31.2 Å². The fourth-order valence-electron chi connectivity index (χ4n) is 1.70. The first-order valence-electron chi connectivity index (χ1n) is 6.59. The molecule has 2 aromatic carbocycles. The predicted octanol–water partition coefficient (Wildman–Crippen LogP) is 3.31. The first-order valence-corrected chi connectivity index (χ1v) is 8.37. The number of rotatable bonds is 4. The highest BCUT2D eigenvalue weighted by molar-refractivity contribution is 9.10. The van der Waals surface area contributed by atoms with E-state index in [2.05, 4.69) is 26.8 Å². The number of hydrogen-bond acceptors (Lipinski definition) is 3. The van der Waals surface area contributed by atoms with Crippen LogP contribution >= 0.6 is 27.7 Å². The SMILES string of the molecule is Cc1ccccc1SCC(=O)NNC(=O)c1ccc(Br)cc1. The van der Waals surface area contributed by atoms with Gasteiger partial charge in [0.05, 0.1) is 5.75 Å². The Kier molecular flexibility index (Phi) is 6.03. The molecule has 6 heteroatoms. The van der Waals surface area contributed by atoms with Gasteiger partial charge in [0.15, 0.2) is 0 Å². The van der Waals surface area contributed by atoms with Crippen LogP contribution in [0.5, 0.6) is 0 Å². The number of nitrogens with one attached hydrogen (secondary N) is 2. The van der Waals surface area contributed by atoms with Gasteiger partial charge in [0, 0.05) is 14.9 Å². The van der Waals surface area contributed by atoms with Crippen molar-refractivity contribution in [1.82, 2.24) is 10.9 Å². The Morgan fingerprint density at radius 1 is 1.05 bits per heavy atom. The average molecular weight is 379 g/mol. The molecule has 0 heterocycles. The van der Waals surface area contributed by atoms with Crippen molar-refractivity contribution in [1.29, 1.82) is 0 Å². The molecule has 2 rings (SSSR count). The van der Waals surface area contributed by atoms with Crippen molar-refractivity contribution in [3.8, 4) is 0 Å². The molecule has 2 amide bonds. The van der Waals surface area contributed by atoms with Crippen molar-refractivity contribution < 1.29 is 9.59 Å². The summed E-state index contributed by atoms with van der Waals surface area (Å²) in [6.45, 7) is 2.00. The average Bonchev–Trinajstić information content (AvgIpc) is 2.52.